The SMILES string of the molecule is O=C(c1ccccc1N1C(=O)c2ccccc2C1=O)N1CCCC1. The van der Waals surface area contributed by atoms with Gasteiger partial charge < -0.3 is 4.90 Å². The number of benzene rings is 2. The normalized spacial score (nSPS) is 16.7. The maximum Gasteiger partial charge on any atom is 0.266 e. The van der Waals surface area contributed by atoms with Crippen LogP contribution in [0.4, 0.5) is 5.69 Å². The fourth-order valence-corrected chi connectivity index (χ4v) is 3.35. The van der Waals surface area contributed by atoms with Crippen LogP contribution in [0.5, 0.6) is 0 Å². The van der Waals surface area contributed by atoms with Crippen molar-refractivity contribution in [2.24, 2.45) is 0 Å². The topological polar surface area (TPSA) is 57.7 Å². The van der Waals surface area contributed by atoms with Gasteiger partial charge in [0.2, 0.25) is 0 Å². The van der Waals surface area contributed by atoms with E-state index in [-0.39, 0.29) is 17.7 Å². The molecule has 0 aromatic heterocycles. The van der Waals surface area contributed by atoms with E-state index in [1.165, 1.54) is 0 Å². The highest BCUT2D eigenvalue weighted by atomic mass is 16.2. The fourth-order valence-electron chi connectivity index (χ4n) is 3.35. The molecule has 0 radical (unpaired) electrons. The van der Waals surface area contributed by atoms with Gasteiger partial charge in [0.1, 0.15) is 0 Å². The molecule has 0 spiro atoms. The largest absolute Gasteiger partial charge is 0.339 e. The first-order valence-electron chi connectivity index (χ1n) is 8.04. The summed E-state index contributed by atoms with van der Waals surface area (Å²) in [5.41, 5.74) is 1.52. The Kier molecular flexibility index (Phi) is 3.41. The van der Waals surface area contributed by atoms with Crippen molar-refractivity contribution in [3.8, 4) is 0 Å². The highest BCUT2D eigenvalue weighted by Crippen LogP contribution is 2.31. The number of rotatable bonds is 2. The van der Waals surface area contributed by atoms with Crippen molar-refractivity contribution in [2.45, 2.75) is 12.8 Å². The monoisotopic (exact) mass is 320 g/mol. The molecule has 4 rings (SSSR count). The van der Waals surface area contributed by atoms with Crippen molar-refractivity contribution < 1.29 is 14.4 Å². The minimum absolute atomic E-state index is 0.125. The minimum Gasteiger partial charge on any atom is -0.339 e. The van der Waals surface area contributed by atoms with E-state index in [1.54, 1.807) is 53.4 Å². The van der Waals surface area contributed by atoms with Crippen LogP contribution < -0.4 is 4.90 Å². The lowest BCUT2D eigenvalue weighted by Crippen LogP contribution is -2.34. The molecule has 5 heteroatoms. The van der Waals surface area contributed by atoms with E-state index in [4.69, 9.17) is 0 Å². The van der Waals surface area contributed by atoms with Gasteiger partial charge in [-0.15, -0.1) is 0 Å². The summed E-state index contributed by atoms with van der Waals surface area (Å²) >= 11 is 0. The van der Waals surface area contributed by atoms with Crippen LogP contribution in [0.15, 0.2) is 48.5 Å². The van der Waals surface area contributed by atoms with Crippen LogP contribution in [0.25, 0.3) is 0 Å². The standard InChI is InChI=1S/C19H16N2O3/c22-17(20-11-5-6-12-20)15-9-3-4-10-16(15)21-18(23)13-7-1-2-8-14(13)19(21)24/h1-4,7-10H,5-6,11-12H2. The first-order chi connectivity index (χ1) is 11.7. The third-order valence-corrected chi connectivity index (χ3v) is 4.56. The second kappa shape index (κ2) is 5.60. The number of anilines is 1. The molecule has 2 heterocycles. The second-order valence-corrected chi connectivity index (χ2v) is 6.01. The summed E-state index contributed by atoms with van der Waals surface area (Å²) in [5.74, 6) is -0.880. The fraction of sp³-hybridized carbons (Fsp3) is 0.211. The Morgan fingerprint density at radius 3 is 1.96 bits per heavy atom. The zero-order valence-corrected chi connectivity index (χ0v) is 13.1. The zero-order chi connectivity index (χ0) is 16.7. The molecular formula is C19H16N2O3. The molecule has 24 heavy (non-hydrogen) atoms. The van der Waals surface area contributed by atoms with Gasteiger partial charge in [0.25, 0.3) is 17.7 Å². The Balaban J connectivity index is 1.77. The van der Waals surface area contributed by atoms with Gasteiger partial charge in [0, 0.05) is 13.1 Å². The van der Waals surface area contributed by atoms with Crippen molar-refractivity contribution in [2.75, 3.05) is 18.0 Å². The number of carbonyl (C=O) groups excluding carboxylic acids is 3. The Hall–Kier alpha value is -2.95. The van der Waals surface area contributed by atoms with Gasteiger partial charge in [-0.2, -0.15) is 0 Å². The summed E-state index contributed by atoms with van der Waals surface area (Å²) in [5, 5.41) is 0. The predicted molar refractivity (Wildman–Crippen MR) is 89.2 cm³/mol. The first kappa shape index (κ1) is 14.6. The van der Waals surface area contributed by atoms with Crippen LogP contribution in [-0.4, -0.2) is 35.7 Å². The number of hydrogen-bond donors (Lipinski definition) is 0. The smallest absolute Gasteiger partial charge is 0.266 e. The molecule has 0 saturated carbocycles. The lowest BCUT2D eigenvalue weighted by atomic mass is 10.1. The summed E-state index contributed by atoms with van der Waals surface area (Å²) in [7, 11) is 0. The van der Waals surface area contributed by atoms with E-state index in [1.807, 2.05) is 0 Å². The molecule has 1 saturated heterocycles. The molecule has 0 N–H and O–H groups in total. The predicted octanol–water partition coefficient (Wildman–Crippen LogP) is 2.72. The van der Waals surface area contributed by atoms with Gasteiger partial charge in [-0.1, -0.05) is 24.3 Å². The third-order valence-electron chi connectivity index (χ3n) is 4.56. The number of amides is 3. The van der Waals surface area contributed by atoms with Crippen LogP contribution in [0.1, 0.15) is 43.9 Å². The quantitative estimate of drug-likeness (QED) is 0.800. The van der Waals surface area contributed by atoms with Crippen molar-refractivity contribution in [3.05, 3.63) is 65.2 Å². The van der Waals surface area contributed by atoms with Crippen molar-refractivity contribution in [1.29, 1.82) is 0 Å². The van der Waals surface area contributed by atoms with E-state index >= 15 is 0 Å². The van der Waals surface area contributed by atoms with Gasteiger partial charge in [-0.3, -0.25) is 14.4 Å². The highest BCUT2D eigenvalue weighted by molar-refractivity contribution is 6.35. The summed E-state index contributed by atoms with van der Waals surface area (Å²) in [6, 6.07) is 13.6. The van der Waals surface area contributed by atoms with Crippen LogP contribution in [0, 0.1) is 0 Å². The Labute approximate surface area is 139 Å². The number of fused-ring (bicyclic) bond motifs is 1. The Bertz CT molecular complexity index is 818. The molecule has 2 aromatic rings. The summed E-state index contributed by atoms with van der Waals surface area (Å²) < 4.78 is 0. The molecule has 0 bridgehead atoms. The first-order valence-corrected chi connectivity index (χ1v) is 8.04. The van der Waals surface area contributed by atoms with E-state index in [0.29, 0.717) is 22.4 Å². The van der Waals surface area contributed by atoms with Crippen LogP contribution in [0.2, 0.25) is 0 Å². The maximum absolute atomic E-state index is 12.8. The molecule has 2 aliphatic heterocycles. The van der Waals surface area contributed by atoms with Crippen molar-refractivity contribution in [3.63, 3.8) is 0 Å². The number of likely N-dealkylation sites (tertiary alicyclic amines) is 1. The third kappa shape index (κ3) is 2.12. The van der Waals surface area contributed by atoms with E-state index in [9.17, 15) is 14.4 Å². The number of carbonyl (C=O) groups is 3. The highest BCUT2D eigenvalue weighted by Gasteiger charge is 2.38. The molecule has 1 fully saturated rings. The van der Waals surface area contributed by atoms with Crippen LogP contribution in [-0.2, 0) is 0 Å². The molecular weight excluding hydrogens is 304 g/mol. The van der Waals surface area contributed by atoms with E-state index in [0.717, 1.165) is 30.8 Å². The molecule has 0 atom stereocenters. The average Bonchev–Trinajstić information content (AvgIpc) is 3.23. The molecule has 3 amide bonds. The maximum atomic E-state index is 12.8. The number of imide groups is 1. The average molecular weight is 320 g/mol. The summed E-state index contributed by atoms with van der Waals surface area (Å²) in [4.78, 5) is 41.0. The molecule has 0 unspecified atom stereocenters. The van der Waals surface area contributed by atoms with Crippen molar-refractivity contribution in [1.82, 2.24) is 4.90 Å². The van der Waals surface area contributed by atoms with Gasteiger partial charge in [0.05, 0.1) is 22.4 Å². The Morgan fingerprint density at radius 1 is 0.792 bits per heavy atom. The molecule has 2 aliphatic rings. The lowest BCUT2D eigenvalue weighted by molar-refractivity contribution is 0.0793. The van der Waals surface area contributed by atoms with Crippen molar-refractivity contribution >= 4 is 23.4 Å². The van der Waals surface area contributed by atoms with Crippen LogP contribution >= 0.6 is 0 Å². The van der Waals surface area contributed by atoms with Gasteiger partial charge in [0.15, 0.2) is 0 Å². The summed E-state index contributed by atoms with van der Waals surface area (Å²) in [6.07, 6.45) is 1.97. The zero-order valence-electron chi connectivity index (χ0n) is 13.1. The number of hydrogen-bond acceptors (Lipinski definition) is 3. The van der Waals surface area contributed by atoms with Gasteiger partial charge in [-0.25, -0.2) is 4.90 Å². The summed E-state index contributed by atoms with van der Waals surface area (Å²) in [6.45, 7) is 1.44. The van der Waals surface area contributed by atoms with Gasteiger partial charge >= 0.3 is 0 Å². The van der Waals surface area contributed by atoms with Gasteiger partial charge in [-0.05, 0) is 37.1 Å². The molecule has 0 aliphatic carbocycles. The number of nitrogens with zero attached hydrogens (tertiary/aromatic N) is 2. The molecule has 5 nitrogen and oxygen atoms in total. The van der Waals surface area contributed by atoms with E-state index in [2.05, 4.69) is 0 Å². The number of para-hydroxylation sites is 1. The van der Waals surface area contributed by atoms with E-state index < -0.39 is 0 Å². The minimum atomic E-state index is -0.378. The molecule has 120 valence electrons. The van der Waals surface area contributed by atoms with Crippen LogP contribution in [0.3, 0.4) is 0 Å². The molecule has 2 aromatic carbocycles. The Morgan fingerprint density at radius 2 is 1.33 bits per heavy atom. The lowest BCUT2D eigenvalue weighted by Gasteiger charge is -2.21. The second-order valence-electron chi connectivity index (χ2n) is 6.01.